The first kappa shape index (κ1) is 10.1. The molecule has 0 aliphatic carbocycles. The normalized spacial score (nSPS) is 11.3. The summed E-state index contributed by atoms with van der Waals surface area (Å²) in [4.78, 5) is 5.38. The number of aryl methyl sites for hydroxylation is 1. The number of rotatable bonds is 2. The van der Waals surface area contributed by atoms with Crippen molar-refractivity contribution in [2.24, 2.45) is 0 Å². The Labute approximate surface area is 96.2 Å². The largest absolute Gasteiger partial charge is 0.241 e. The average Bonchev–Trinajstić information content (AvgIpc) is 2.85. The monoisotopic (exact) mass is 232 g/mol. The number of nitriles is 1. The molecule has 0 N–H and O–H groups in total. The van der Waals surface area contributed by atoms with Gasteiger partial charge in [0.05, 0.1) is 5.57 Å². The molecule has 74 valence electrons. The maximum absolute atomic E-state index is 9.04. The van der Waals surface area contributed by atoms with Crippen LogP contribution in [0, 0.1) is 18.3 Å². The minimum Gasteiger partial charge on any atom is -0.241 e. The topological polar surface area (TPSA) is 36.7 Å². The zero-order valence-electron chi connectivity index (χ0n) is 8.10. The number of aromatic nitrogens is 1. The van der Waals surface area contributed by atoms with Gasteiger partial charge in [0.25, 0.3) is 0 Å². The zero-order valence-corrected chi connectivity index (χ0v) is 9.73. The molecular weight excluding hydrogens is 224 g/mol. The predicted octanol–water partition coefficient (Wildman–Crippen LogP) is 3.58. The summed E-state index contributed by atoms with van der Waals surface area (Å²) in [5.41, 5.74) is 1.60. The molecule has 15 heavy (non-hydrogen) atoms. The van der Waals surface area contributed by atoms with Gasteiger partial charge in [-0.3, -0.25) is 0 Å². The molecule has 0 aromatic carbocycles. The predicted molar refractivity (Wildman–Crippen MR) is 64.7 cm³/mol. The van der Waals surface area contributed by atoms with Crippen LogP contribution in [0.4, 0.5) is 0 Å². The molecule has 4 heteroatoms. The van der Waals surface area contributed by atoms with Crippen LogP contribution in [-0.2, 0) is 0 Å². The van der Waals surface area contributed by atoms with E-state index >= 15 is 0 Å². The SMILES string of the molecule is Cc1csc(C(C#N)=Cc2cccs2)n1. The molecule has 0 atom stereocenters. The van der Waals surface area contributed by atoms with Crippen LogP contribution in [0.5, 0.6) is 0 Å². The highest BCUT2D eigenvalue weighted by Crippen LogP contribution is 2.22. The van der Waals surface area contributed by atoms with E-state index in [2.05, 4.69) is 11.1 Å². The van der Waals surface area contributed by atoms with E-state index in [4.69, 9.17) is 5.26 Å². The first-order chi connectivity index (χ1) is 7.29. The van der Waals surface area contributed by atoms with Crippen molar-refractivity contribution in [3.8, 4) is 6.07 Å². The number of hydrogen-bond donors (Lipinski definition) is 0. The Bertz CT molecular complexity index is 515. The summed E-state index contributed by atoms with van der Waals surface area (Å²) in [6.45, 7) is 1.93. The molecule has 0 radical (unpaired) electrons. The maximum atomic E-state index is 9.04. The van der Waals surface area contributed by atoms with Crippen LogP contribution >= 0.6 is 22.7 Å². The van der Waals surface area contributed by atoms with E-state index in [0.717, 1.165) is 15.6 Å². The Morgan fingerprint density at radius 3 is 2.93 bits per heavy atom. The van der Waals surface area contributed by atoms with E-state index < -0.39 is 0 Å². The van der Waals surface area contributed by atoms with Gasteiger partial charge in [0.1, 0.15) is 11.1 Å². The quantitative estimate of drug-likeness (QED) is 0.742. The molecule has 2 heterocycles. The van der Waals surface area contributed by atoms with Gasteiger partial charge in [-0.25, -0.2) is 4.98 Å². The summed E-state index contributed by atoms with van der Waals surface area (Å²) in [5, 5.41) is 13.8. The van der Waals surface area contributed by atoms with Gasteiger partial charge in [0, 0.05) is 16.0 Å². The molecule has 0 aliphatic heterocycles. The van der Waals surface area contributed by atoms with E-state index in [-0.39, 0.29) is 0 Å². The van der Waals surface area contributed by atoms with Gasteiger partial charge in [-0.15, -0.1) is 22.7 Å². The lowest BCUT2D eigenvalue weighted by molar-refractivity contribution is 1.25. The molecule has 0 bridgehead atoms. The summed E-state index contributed by atoms with van der Waals surface area (Å²) in [6.07, 6.45) is 1.88. The third-order valence-corrected chi connectivity index (χ3v) is 3.61. The Morgan fingerprint density at radius 2 is 2.40 bits per heavy atom. The van der Waals surface area contributed by atoms with Crippen LogP contribution in [0.3, 0.4) is 0 Å². The Hall–Kier alpha value is -1.44. The number of nitrogens with zero attached hydrogens (tertiary/aromatic N) is 2. The first-order valence-electron chi connectivity index (χ1n) is 4.37. The maximum Gasteiger partial charge on any atom is 0.134 e. The molecule has 0 saturated heterocycles. The van der Waals surface area contributed by atoms with Gasteiger partial charge < -0.3 is 0 Å². The van der Waals surface area contributed by atoms with Gasteiger partial charge in [-0.2, -0.15) is 5.26 Å². The van der Waals surface area contributed by atoms with Crippen molar-refractivity contribution in [3.05, 3.63) is 38.5 Å². The third kappa shape index (κ3) is 2.32. The van der Waals surface area contributed by atoms with Gasteiger partial charge in [-0.05, 0) is 24.4 Å². The van der Waals surface area contributed by atoms with Crippen LogP contribution in [0.2, 0.25) is 0 Å². The molecule has 2 aromatic heterocycles. The highest BCUT2D eigenvalue weighted by molar-refractivity contribution is 7.11. The van der Waals surface area contributed by atoms with Crippen molar-refractivity contribution in [1.29, 1.82) is 5.26 Å². The molecule has 2 rings (SSSR count). The van der Waals surface area contributed by atoms with Gasteiger partial charge >= 0.3 is 0 Å². The Balaban J connectivity index is 2.37. The van der Waals surface area contributed by atoms with E-state index in [1.54, 1.807) is 11.3 Å². The number of allylic oxidation sites excluding steroid dienone is 1. The lowest BCUT2D eigenvalue weighted by atomic mass is 10.2. The summed E-state index contributed by atoms with van der Waals surface area (Å²) in [6, 6.07) is 6.15. The smallest absolute Gasteiger partial charge is 0.134 e. The molecule has 0 unspecified atom stereocenters. The second kappa shape index (κ2) is 4.39. The van der Waals surface area contributed by atoms with E-state index in [0.29, 0.717) is 5.57 Å². The number of thiophene rings is 1. The van der Waals surface area contributed by atoms with Crippen LogP contribution in [0.15, 0.2) is 22.9 Å². The fraction of sp³-hybridized carbons (Fsp3) is 0.0909. The zero-order chi connectivity index (χ0) is 10.7. The van der Waals surface area contributed by atoms with Crippen molar-refractivity contribution in [2.75, 3.05) is 0 Å². The van der Waals surface area contributed by atoms with Gasteiger partial charge in [0.2, 0.25) is 0 Å². The highest BCUT2D eigenvalue weighted by Gasteiger charge is 2.05. The summed E-state index contributed by atoms with van der Waals surface area (Å²) >= 11 is 3.12. The van der Waals surface area contributed by atoms with Crippen molar-refractivity contribution in [2.45, 2.75) is 6.92 Å². The molecule has 0 amide bonds. The second-order valence-electron chi connectivity index (χ2n) is 2.98. The van der Waals surface area contributed by atoms with Crippen LogP contribution in [0.25, 0.3) is 11.6 Å². The first-order valence-corrected chi connectivity index (χ1v) is 6.13. The number of hydrogen-bond acceptors (Lipinski definition) is 4. The lowest BCUT2D eigenvalue weighted by Gasteiger charge is -1.90. The van der Waals surface area contributed by atoms with Crippen molar-refractivity contribution < 1.29 is 0 Å². The number of thiazole rings is 1. The molecule has 0 aliphatic rings. The van der Waals surface area contributed by atoms with Crippen LogP contribution in [-0.4, -0.2) is 4.98 Å². The van der Waals surface area contributed by atoms with Gasteiger partial charge in [-0.1, -0.05) is 6.07 Å². The van der Waals surface area contributed by atoms with Gasteiger partial charge in [0.15, 0.2) is 0 Å². The minimum atomic E-state index is 0.635. The van der Waals surface area contributed by atoms with Crippen molar-refractivity contribution >= 4 is 34.3 Å². The summed E-state index contributed by atoms with van der Waals surface area (Å²) in [7, 11) is 0. The Kier molecular flexibility index (Phi) is 2.95. The summed E-state index contributed by atoms with van der Waals surface area (Å²) in [5.74, 6) is 0. The summed E-state index contributed by atoms with van der Waals surface area (Å²) < 4.78 is 0. The van der Waals surface area contributed by atoms with Crippen LogP contribution in [0.1, 0.15) is 15.6 Å². The highest BCUT2D eigenvalue weighted by atomic mass is 32.1. The standard InChI is InChI=1S/C11H8N2S2/c1-8-7-15-11(13-8)9(6-12)5-10-3-2-4-14-10/h2-5,7H,1H3. The molecule has 2 nitrogen and oxygen atoms in total. The fourth-order valence-corrected chi connectivity index (χ4v) is 2.56. The Morgan fingerprint density at radius 1 is 1.53 bits per heavy atom. The molecule has 0 fully saturated rings. The van der Waals surface area contributed by atoms with Crippen molar-refractivity contribution in [1.82, 2.24) is 4.98 Å². The average molecular weight is 232 g/mol. The third-order valence-electron chi connectivity index (χ3n) is 1.80. The minimum absolute atomic E-state index is 0.635. The molecular formula is C11H8N2S2. The molecule has 2 aromatic rings. The van der Waals surface area contributed by atoms with E-state index in [1.807, 2.05) is 35.9 Å². The molecule has 0 saturated carbocycles. The van der Waals surface area contributed by atoms with E-state index in [9.17, 15) is 0 Å². The van der Waals surface area contributed by atoms with Crippen molar-refractivity contribution in [3.63, 3.8) is 0 Å². The molecule has 0 spiro atoms. The second-order valence-corrected chi connectivity index (χ2v) is 4.82. The fourth-order valence-electron chi connectivity index (χ4n) is 1.14. The van der Waals surface area contributed by atoms with E-state index in [1.165, 1.54) is 11.3 Å². The lowest BCUT2D eigenvalue weighted by Crippen LogP contribution is -1.79. The van der Waals surface area contributed by atoms with Crippen LogP contribution < -0.4 is 0 Å².